The van der Waals surface area contributed by atoms with Crippen LogP contribution in [0.3, 0.4) is 0 Å². The van der Waals surface area contributed by atoms with Crippen LogP contribution < -0.4 is 10.5 Å². The molecular formula is C15H16N4O4. The highest BCUT2D eigenvalue weighted by Gasteiger charge is 2.16. The van der Waals surface area contributed by atoms with Gasteiger partial charge in [-0.15, -0.1) is 0 Å². The average molecular weight is 316 g/mol. The fraction of sp³-hybridized carbons (Fsp3) is 0.333. The molecule has 1 aromatic carbocycles. The molecule has 1 aromatic heterocycles. The Kier molecular flexibility index (Phi) is 4.07. The molecule has 120 valence electrons. The van der Waals surface area contributed by atoms with Crippen LogP contribution in [0.2, 0.25) is 0 Å². The maximum Gasteiger partial charge on any atom is 0.269 e. The molecule has 23 heavy (non-hydrogen) atoms. The number of aromatic nitrogens is 2. The van der Waals surface area contributed by atoms with E-state index in [1.54, 1.807) is 19.2 Å². The third-order valence-electron chi connectivity index (χ3n) is 3.79. The number of nitro groups is 1. The molecule has 0 N–H and O–H groups in total. The van der Waals surface area contributed by atoms with Gasteiger partial charge in [-0.3, -0.25) is 19.5 Å². The van der Waals surface area contributed by atoms with Crippen molar-refractivity contribution in [1.29, 1.82) is 0 Å². The van der Waals surface area contributed by atoms with Gasteiger partial charge in [0.25, 0.3) is 11.2 Å². The molecule has 0 radical (unpaired) electrons. The summed E-state index contributed by atoms with van der Waals surface area (Å²) in [7, 11) is 1.63. The number of benzene rings is 1. The minimum atomic E-state index is -0.458. The lowest BCUT2D eigenvalue weighted by Gasteiger charge is -2.28. The summed E-state index contributed by atoms with van der Waals surface area (Å²) in [4.78, 5) is 29.1. The molecule has 0 unspecified atom stereocenters. The highest BCUT2D eigenvalue weighted by atomic mass is 16.6. The van der Waals surface area contributed by atoms with Gasteiger partial charge < -0.3 is 9.64 Å². The normalized spacial score (nSPS) is 14.7. The second kappa shape index (κ2) is 6.17. The summed E-state index contributed by atoms with van der Waals surface area (Å²) in [5, 5.41) is 10.7. The van der Waals surface area contributed by atoms with Crippen molar-refractivity contribution in [2.45, 2.75) is 0 Å². The number of nitro benzene ring substituents is 1. The number of hydrogen-bond acceptors (Lipinski definition) is 6. The molecule has 1 saturated heterocycles. The van der Waals surface area contributed by atoms with E-state index >= 15 is 0 Å². The van der Waals surface area contributed by atoms with Crippen LogP contribution in [0.25, 0.3) is 11.4 Å². The van der Waals surface area contributed by atoms with E-state index in [1.165, 1.54) is 22.8 Å². The third-order valence-corrected chi connectivity index (χ3v) is 3.79. The van der Waals surface area contributed by atoms with E-state index < -0.39 is 4.92 Å². The third kappa shape index (κ3) is 3.07. The summed E-state index contributed by atoms with van der Waals surface area (Å²) < 4.78 is 6.74. The standard InChI is InChI=1S/C15H16N4O4/c1-17-14(20)10-13(18-6-8-23-9-7-18)16-15(17)11-2-4-12(5-3-11)19(21)22/h2-5,10H,6-9H2,1H3. The van der Waals surface area contributed by atoms with Gasteiger partial charge in [0.05, 0.1) is 18.1 Å². The Balaban J connectivity index is 2.02. The largest absolute Gasteiger partial charge is 0.378 e. The van der Waals surface area contributed by atoms with Crippen molar-refractivity contribution in [3.8, 4) is 11.4 Å². The zero-order valence-corrected chi connectivity index (χ0v) is 12.6. The topological polar surface area (TPSA) is 90.5 Å². The molecule has 8 heteroatoms. The molecule has 1 aliphatic rings. The molecule has 0 amide bonds. The molecule has 0 atom stereocenters. The van der Waals surface area contributed by atoms with Crippen molar-refractivity contribution in [1.82, 2.24) is 9.55 Å². The van der Waals surface area contributed by atoms with E-state index in [0.717, 1.165) is 0 Å². The fourth-order valence-corrected chi connectivity index (χ4v) is 2.47. The second-order valence-corrected chi connectivity index (χ2v) is 5.24. The van der Waals surface area contributed by atoms with Crippen LogP contribution >= 0.6 is 0 Å². The Morgan fingerprint density at radius 2 is 1.87 bits per heavy atom. The lowest BCUT2D eigenvalue weighted by Crippen LogP contribution is -2.38. The van der Waals surface area contributed by atoms with Gasteiger partial charge in [-0.1, -0.05) is 0 Å². The first-order chi connectivity index (χ1) is 11.1. The van der Waals surface area contributed by atoms with Crippen LogP contribution in [0.5, 0.6) is 0 Å². The number of anilines is 1. The Morgan fingerprint density at radius 3 is 2.48 bits per heavy atom. The summed E-state index contributed by atoms with van der Waals surface area (Å²) in [5.41, 5.74) is 0.489. The quantitative estimate of drug-likeness (QED) is 0.624. The van der Waals surface area contributed by atoms with Crippen LogP contribution in [-0.4, -0.2) is 40.8 Å². The molecule has 0 saturated carbocycles. The molecule has 1 aliphatic heterocycles. The van der Waals surface area contributed by atoms with Crippen LogP contribution in [0.1, 0.15) is 0 Å². The predicted molar refractivity (Wildman–Crippen MR) is 84.6 cm³/mol. The second-order valence-electron chi connectivity index (χ2n) is 5.24. The van der Waals surface area contributed by atoms with E-state index in [4.69, 9.17) is 4.74 Å². The molecule has 8 nitrogen and oxygen atoms in total. The Bertz CT molecular complexity index is 779. The molecule has 3 rings (SSSR count). The van der Waals surface area contributed by atoms with Gasteiger partial charge in [0.15, 0.2) is 0 Å². The summed E-state index contributed by atoms with van der Waals surface area (Å²) in [6.45, 7) is 2.56. The van der Waals surface area contributed by atoms with Crippen molar-refractivity contribution in [2.24, 2.45) is 7.05 Å². The molecule has 2 aromatic rings. The van der Waals surface area contributed by atoms with Gasteiger partial charge in [-0.05, 0) is 12.1 Å². The Hall–Kier alpha value is -2.74. The number of non-ortho nitro benzene ring substituents is 1. The van der Waals surface area contributed by atoms with Gasteiger partial charge >= 0.3 is 0 Å². The number of nitrogens with zero attached hydrogens (tertiary/aromatic N) is 4. The van der Waals surface area contributed by atoms with Gasteiger partial charge in [0.1, 0.15) is 11.6 Å². The summed E-state index contributed by atoms with van der Waals surface area (Å²) in [6, 6.07) is 7.51. The van der Waals surface area contributed by atoms with E-state index in [2.05, 4.69) is 4.98 Å². The van der Waals surface area contributed by atoms with Crippen LogP contribution in [-0.2, 0) is 11.8 Å². The predicted octanol–water partition coefficient (Wildman–Crippen LogP) is 1.19. The first kappa shape index (κ1) is 15.2. The summed E-state index contributed by atoms with van der Waals surface area (Å²) in [5.74, 6) is 1.08. The first-order valence-corrected chi connectivity index (χ1v) is 7.22. The van der Waals surface area contributed by atoms with Gasteiger partial charge in [-0.25, -0.2) is 4.98 Å². The number of morpholine rings is 1. The monoisotopic (exact) mass is 316 g/mol. The maximum atomic E-state index is 12.2. The van der Waals surface area contributed by atoms with Crippen molar-refractivity contribution in [3.05, 3.63) is 50.8 Å². The van der Waals surface area contributed by atoms with Crippen LogP contribution in [0.4, 0.5) is 11.5 Å². The maximum absolute atomic E-state index is 12.2. The van der Waals surface area contributed by atoms with Crippen molar-refractivity contribution in [3.63, 3.8) is 0 Å². The van der Waals surface area contributed by atoms with Crippen molar-refractivity contribution < 1.29 is 9.66 Å². The zero-order chi connectivity index (χ0) is 16.4. The minimum Gasteiger partial charge on any atom is -0.378 e. The molecule has 1 fully saturated rings. The van der Waals surface area contributed by atoms with E-state index in [0.29, 0.717) is 43.5 Å². The molecule has 2 heterocycles. The van der Waals surface area contributed by atoms with E-state index in [-0.39, 0.29) is 11.2 Å². The Morgan fingerprint density at radius 1 is 1.22 bits per heavy atom. The smallest absolute Gasteiger partial charge is 0.269 e. The highest BCUT2D eigenvalue weighted by molar-refractivity contribution is 5.60. The first-order valence-electron chi connectivity index (χ1n) is 7.22. The summed E-state index contributed by atoms with van der Waals surface area (Å²) >= 11 is 0. The summed E-state index contributed by atoms with van der Waals surface area (Å²) in [6.07, 6.45) is 0. The zero-order valence-electron chi connectivity index (χ0n) is 12.6. The van der Waals surface area contributed by atoms with Gasteiger partial charge in [0.2, 0.25) is 0 Å². The highest BCUT2D eigenvalue weighted by Crippen LogP contribution is 2.22. The minimum absolute atomic E-state index is 0.00286. The van der Waals surface area contributed by atoms with Gasteiger partial charge in [-0.2, -0.15) is 0 Å². The average Bonchev–Trinajstić information content (AvgIpc) is 2.58. The SMILES string of the molecule is Cn1c(-c2ccc([N+](=O)[O-])cc2)nc(N2CCOCC2)cc1=O. The van der Waals surface area contributed by atoms with Gasteiger partial charge in [0, 0.05) is 43.9 Å². The fourth-order valence-electron chi connectivity index (χ4n) is 2.47. The number of ether oxygens (including phenoxy) is 1. The Labute approximate surface area is 132 Å². The van der Waals surface area contributed by atoms with E-state index in [1.807, 2.05) is 4.90 Å². The number of rotatable bonds is 3. The lowest BCUT2D eigenvalue weighted by atomic mass is 10.2. The lowest BCUT2D eigenvalue weighted by molar-refractivity contribution is -0.384. The van der Waals surface area contributed by atoms with Crippen LogP contribution in [0.15, 0.2) is 35.1 Å². The molecule has 0 bridgehead atoms. The van der Waals surface area contributed by atoms with Crippen LogP contribution in [0, 0.1) is 10.1 Å². The molecular weight excluding hydrogens is 300 g/mol. The number of hydrogen-bond donors (Lipinski definition) is 0. The van der Waals surface area contributed by atoms with Crippen molar-refractivity contribution in [2.75, 3.05) is 31.2 Å². The molecule has 0 spiro atoms. The van der Waals surface area contributed by atoms with E-state index in [9.17, 15) is 14.9 Å². The molecule has 0 aliphatic carbocycles. The van der Waals surface area contributed by atoms with Crippen molar-refractivity contribution >= 4 is 11.5 Å².